The number of hydrogen-bond donors (Lipinski definition) is 2. The highest BCUT2D eigenvalue weighted by Gasteiger charge is 2.31. The molecular formula is C20H23NO5. The number of carboxylic acids is 1. The van der Waals surface area contributed by atoms with Crippen LogP contribution < -0.4 is 14.8 Å². The number of carboxylic acid groups (broad SMARTS) is 1. The van der Waals surface area contributed by atoms with Crippen LogP contribution in [0, 0.1) is 0 Å². The maximum atomic E-state index is 12.8. The van der Waals surface area contributed by atoms with Crippen LogP contribution in [0.2, 0.25) is 0 Å². The maximum Gasteiger partial charge on any atom is 0.307 e. The molecule has 2 aromatic carbocycles. The van der Waals surface area contributed by atoms with E-state index in [0.29, 0.717) is 22.7 Å². The average molecular weight is 357 g/mol. The van der Waals surface area contributed by atoms with E-state index in [1.807, 2.05) is 19.9 Å². The highest BCUT2D eigenvalue weighted by molar-refractivity contribution is 5.98. The van der Waals surface area contributed by atoms with Crippen molar-refractivity contribution >= 4 is 17.6 Å². The first-order valence-electron chi connectivity index (χ1n) is 8.12. The van der Waals surface area contributed by atoms with Crippen LogP contribution in [0.1, 0.15) is 25.0 Å². The first kappa shape index (κ1) is 19.3. The second kappa shape index (κ2) is 7.91. The standard InChI is InChI=1S/C20H23NO5/c1-20(2,14-8-9-16(25-3)17(12-14)26-4)19(24)21-15-7-5-6-13(10-15)11-18(22)23/h5-10,12H,11H2,1-4H3,(H,21,24)(H,22,23). The first-order valence-corrected chi connectivity index (χ1v) is 8.12. The fourth-order valence-electron chi connectivity index (χ4n) is 2.58. The van der Waals surface area contributed by atoms with E-state index in [-0.39, 0.29) is 12.3 Å². The number of carbonyl (C=O) groups is 2. The molecule has 0 atom stereocenters. The van der Waals surface area contributed by atoms with Gasteiger partial charge in [0.2, 0.25) is 5.91 Å². The molecule has 0 bridgehead atoms. The van der Waals surface area contributed by atoms with Crippen molar-refractivity contribution in [2.24, 2.45) is 0 Å². The summed E-state index contributed by atoms with van der Waals surface area (Å²) in [7, 11) is 3.10. The molecule has 2 rings (SSSR count). The van der Waals surface area contributed by atoms with Gasteiger partial charge in [0.05, 0.1) is 26.1 Å². The minimum absolute atomic E-state index is 0.0945. The number of aliphatic carboxylic acids is 1. The molecule has 26 heavy (non-hydrogen) atoms. The molecular weight excluding hydrogens is 334 g/mol. The van der Waals surface area contributed by atoms with Gasteiger partial charge in [-0.2, -0.15) is 0 Å². The molecule has 2 aromatic rings. The molecule has 0 aromatic heterocycles. The third-order valence-electron chi connectivity index (χ3n) is 4.21. The molecule has 0 radical (unpaired) electrons. The zero-order valence-electron chi connectivity index (χ0n) is 15.3. The molecule has 0 spiro atoms. The van der Waals surface area contributed by atoms with Gasteiger partial charge in [0.25, 0.3) is 0 Å². The Morgan fingerprint density at radius 2 is 1.73 bits per heavy atom. The zero-order valence-corrected chi connectivity index (χ0v) is 15.3. The fourth-order valence-corrected chi connectivity index (χ4v) is 2.58. The van der Waals surface area contributed by atoms with Gasteiger partial charge >= 0.3 is 5.97 Å². The smallest absolute Gasteiger partial charge is 0.307 e. The number of methoxy groups -OCH3 is 2. The molecule has 0 saturated carbocycles. The van der Waals surface area contributed by atoms with Gasteiger partial charge in [-0.1, -0.05) is 18.2 Å². The van der Waals surface area contributed by atoms with E-state index < -0.39 is 11.4 Å². The van der Waals surface area contributed by atoms with Crippen LogP contribution in [0.4, 0.5) is 5.69 Å². The lowest BCUT2D eigenvalue weighted by atomic mass is 9.83. The van der Waals surface area contributed by atoms with Crippen molar-refractivity contribution < 1.29 is 24.2 Å². The molecule has 138 valence electrons. The highest BCUT2D eigenvalue weighted by atomic mass is 16.5. The first-order chi connectivity index (χ1) is 12.3. The molecule has 0 aliphatic rings. The number of hydrogen-bond acceptors (Lipinski definition) is 4. The lowest BCUT2D eigenvalue weighted by Crippen LogP contribution is -2.34. The Balaban J connectivity index is 2.24. The Kier molecular flexibility index (Phi) is 5.87. The molecule has 2 N–H and O–H groups in total. The van der Waals surface area contributed by atoms with Gasteiger partial charge in [-0.15, -0.1) is 0 Å². The van der Waals surface area contributed by atoms with E-state index in [0.717, 1.165) is 5.56 Å². The van der Waals surface area contributed by atoms with Crippen molar-refractivity contribution in [1.29, 1.82) is 0 Å². The molecule has 0 unspecified atom stereocenters. The predicted octanol–water partition coefficient (Wildman–Crippen LogP) is 3.25. The number of rotatable bonds is 7. The van der Waals surface area contributed by atoms with E-state index in [1.54, 1.807) is 50.6 Å². The number of carbonyl (C=O) groups excluding carboxylic acids is 1. The van der Waals surface area contributed by atoms with Crippen LogP contribution in [0.3, 0.4) is 0 Å². The second-order valence-electron chi connectivity index (χ2n) is 6.42. The van der Waals surface area contributed by atoms with Crippen molar-refractivity contribution in [2.75, 3.05) is 19.5 Å². The average Bonchev–Trinajstić information content (AvgIpc) is 2.60. The van der Waals surface area contributed by atoms with Gasteiger partial charge in [0.1, 0.15) is 0 Å². The molecule has 0 heterocycles. The van der Waals surface area contributed by atoms with Gasteiger partial charge in [0.15, 0.2) is 11.5 Å². The van der Waals surface area contributed by atoms with E-state index in [2.05, 4.69) is 5.32 Å². The predicted molar refractivity (Wildman–Crippen MR) is 99.0 cm³/mol. The summed E-state index contributed by atoms with van der Waals surface area (Å²) < 4.78 is 10.5. The molecule has 0 aliphatic heterocycles. The molecule has 6 nitrogen and oxygen atoms in total. The molecule has 0 aliphatic carbocycles. The molecule has 0 fully saturated rings. The maximum absolute atomic E-state index is 12.8. The van der Waals surface area contributed by atoms with Crippen molar-refractivity contribution in [3.8, 4) is 11.5 Å². The van der Waals surface area contributed by atoms with E-state index in [9.17, 15) is 9.59 Å². The Morgan fingerprint density at radius 3 is 2.35 bits per heavy atom. The Labute approximate surface area is 152 Å². The summed E-state index contributed by atoms with van der Waals surface area (Å²) in [5.74, 6) is 0.0134. The van der Waals surface area contributed by atoms with Gasteiger partial charge in [-0.3, -0.25) is 9.59 Å². The van der Waals surface area contributed by atoms with Gasteiger partial charge in [-0.25, -0.2) is 0 Å². The van der Waals surface area contributed by atoms with Crippen LogP contribution >= 0.6 is 0 Å². The Bertz CT molecular complexity index is 814. The summed E-state index contributed by atoms with van der Waals surface area (Å²) in [5, 5.41) is 11.8. The zero-order chi connectivity index (χ0) is 19.3. The van der Waals surface area contributed by atoms with Crippen LogP contribution in [0.15, 0.2) is 42.5 Å². The van der Waals surface area contributed by atoms with E-state index in [1.165, 1.54) is 0 Å². The topological polar surface area (TPSA) is 84.9 Å². The Hall–Kier alpha value is -3.02. The summed E-state index contributed by atoms with van der Waals surface area (Å²) in [6, 6.07) is 12.2. The highest BCUT2D eigenvalue weighted by Crippen LogP contribution is 2.34. The number of nitrogens with one attached hydrogen (secondary N) is 1. The quantitative estimate of drug-likeness (QED) is 0.795. The van der Waals surface area contributed by atoms with Gasteiger partial charge < -0.3 is 19.9 Å². The summed E-state index contributed by atoms with van der Waals surface area (Å²) >= 11 is 0. The van der Waals surface area contributed by atoms with Crippen LogP contribution in [0.25, 0.3) is 0 Å². The number of benzene rings is 2. The molecule has 6 heteroatoms. The normalized spacial score (nSPS) is 10.9. The number of amides is 1. The van der Waals surface area contributed by atoms with E-state index in [4.69, 9.17) is 14.6 Å². The fraction of sp³-hybridized carbons (Fsp3) is 0.300. The number of ether oxygens (including phenoxy) is 2. The van der Waals surface area contributed by atoms with Gasteiger partial charge in [-0.05, 0) is 49.2 Å². The lowest BCUT2D eigenvalue weighted by Gasteiger charge is -2.25. The third kappa shape index (κ3) is 4.33. The molecule has 1 amide bonds. The van der Waals surface area contributed by atoms with Gasteiger partial charge in [0, 0.05) is 5.69 Å². The SMILES string of the molecule is COc1ccc(C(C)(C)C(=O)Nc2cccc(CC(=O)O)c2)cc1OC. The lowest BCUT2D eigenvalue weighted by molar-refractivity contribution is -0.136. The van der Waals surface area contributed by atoms with Crippen LogP contribution in [0.5, 0.6) is 11.5 Å². The summed E-state index contributed by atoms with van der Waals surface area (Å²) in [5.41, 5.74) is 1.12. The van der Waals surface area contributed by atoms with Crippen LogP contribution in [-0.2, 0) is 21.4 Å². The minimum Gasteiger partial charge on any atom is -0.493 e. The summed E-state index contributed by atoms with van der Waals surface area (Å²) in [6.45, 7) is 3.62. The van der Waals surface area contributed by atoms with Crippen molar-refractivity contribution in [3.63, 3.8) is 0 Å². The minimum atomic E-state index is -0.917. The largest absolute Gasteiger partial charge is 0.493 e. The molecule has 0 saturated heterocycles. The summed E-state index contributed by atoms with van der Waals surface area (Å²) in [6.07, 6.45) is -0.0945. The van der Waals surface area contributed by atoms with E-state index >= 15 is 0 Å². The monoisotopic (exact) mass is 357 g/mol. The van der Waals surface area contributed by atoms with Crippen molar-refractivity contribution in [3.05, 3.63) is 53.6 Å². The van der Waals surface area contributed by atoms with Crippen molar-refractivity contribution in [2.45, 2.75) is 25.7 Å². The summed E-state index contributed by atoms with van der Waals surface area (Å²) in [4.78, 5) is 23.7. The van der Waals surface area contributed by atoms with Crippen LogP contribution in [-0.4, -0.2) is 31.2 Å². The third-order valence-corrected chi connectivity index (χ3v) is 4.21. The Morgan fingerprint density at radius 1 is 1.04 bits per heavy atom. The second-order valence-corrected chi connectivity index (χ2v) is 6.42. The number of anilines is 1. The van der Waals surface area contributed by atoms with Crippen molar-refractivity contribution in [1.82, 2.24) is 0 Å².